The first-order valence-electron chi connectivity index (χ1n) is 18.0. The third kappa shape index (κ3) is 7.30. The molecule has 0 atom stereocenters. The van der Waals surface area contributed by atoms with Gasteiger partial charge >= 0.3 is 0 Å². The number of imidazole rings is 1. The van der Waals surface area contributed by atoms with E-state index in [0.29, 0.717) is 5.92 Å². The molecule has 1 radical (unpaired) electrons. The maximum atomic E-state index is 6.15. The van der Waals surface area contributed by atoms with Crippen molar-refractivity contribution in [3.05, 3.63) is 114 Å². The van der Waals surface area contributed by atoms with Gasteiger partial charge in [0.05, 0.1) is 30.5 Å². The first kappa shape index (κ1) is 36.0. The molecule has 0 unspecified atom stereocenters. The number of nitrogens with zero attached hydrogens (tertiary/aromatic N) is 3. The molecule has 1 aliphatic rings. The molecular formula is C44H47IrN3OSi-2. The van der Waals surface area contributed by atoms with E-state index in [1.54, 1.807) is 10.8 Å². The van der Waals surface area contributed by atoms with E-state index in [1.807, 2.05) is 42.5 Å². The minimum Gasteiger partial charge on any atom is -0.501 e. The van der Waals surface area contributed by atoms with Crippen molar-refractivity contribution in [1.29, 1.82) is 0 Å². The monoisotopic (exact) mass is 854 g/mol. The molecule has 1 saturated carbocycles. The minimum atomic E-state index is -1.37. The van der Waals surface area contributed by atoms with Gasteiger partial charge in [0.1, 0.15) is 5.58 Å². The predicted molar refractivity (Wildman–Crippen MR) is 208 cm³/mol. The van der Waals surface area contributed by atoms with Crippen LogP contribution in [0.3, 0.4) is 0 Å². The summed E-state index contributed by atoms with van der Waals surface area (Å²) in [5.41, 5.74) is 9.90. The number of furan rings is 1. The molecule has 6 heteroatoms. The average molecular weight is 854 g/mol. The molecule has 8 rings (SSSR count). The van der Waals surface area contributed by atoms with Crippen molar-refractivity contribution in [1.82, 2.24) is 14.5 Å². The molecule has 4 nitrogen and oxygen atoms in total. The molecule has 0 aliphatic heterocycles. The number of para-hydroxylation sites is 3. The van der Waals surface area contributed by atoms with E-state index in [0.717, 1.165) is 68.1 Å². The second kappa shape index (κ2) is 15.2. The number of hydrogen-bond acceptors (Lipinski definition) is 3. The van der Waals surface area contributed by atoms with Crippen molar-refractivity contribution >= 4 is 46.2 Å². The summed E-state index contributed by atoms with van der Waals surface area (Å²) in [6.07, 6.45) is 9.04. The Morgan fingerprint density at radius 2 is 1.68 bits per heavy atom. The smallest absolute Gasteiger partial charge is 0.120 e. The summed E-state index contributed by atoms with van der Waals surface area (Å²) in [6.45, 7) is 14.7. The fourth-order valence-electron chi connectivity index (χ4n) is 7.41. The molecule has 0 bridgehead atoms. The molecule has 0 amide bonds. The van der Waals surface area contributed by atoms with E-state index >= 15 is 0 Å². The summed E-state index contributed by atoms with van der Waals surface area (Å²) in [5, 5.41) is 3.78. The van der Waals surface area contributed by atoms with Crippen molar-refractivity contribution in [2.24, 2.45) is 5.92 Å². The van der Waals surface area contributed by atoms with E-state index in [-0.39, 0.29) is 20.1 Å². The molecule has 50 heavy (non-hydrogen) atoms. The van der Waals surface area contributed by atoms with Crippen molar-refractivity contribution in [3.63, 3.8) is 0 Å². The second-order valence-corrected chi connectivity index (χ2v) is 19.9. The third-order valence-electron chi connectivity index (χ3n) is 10.1. The number of benzene rings is 4. The van der Waals surface area contributed by atoms with E-state index in [2.05, 4.69) is 106 Å². The number of aromatic nitrogens is 3. The Morgan fingerprint density at radius 1 is 0.920 bits per heavy atom. The van der Waals surface area contributed by atoms with Crippen LogP contribution in [0.5, 0.6) is 0 Å². The van der Waals surface area contributed by atoms with Crippen LogP contribution in [0.1, 0.15) is 63.5 Å². The van der Waals surface area contributed by atoms with Gasteiger partial charge in [0.2, 0.25) is 0 Å². The van der Waals surface area contributed by atoms with E-state index in [1.165, 1.54) is 37.7 Å². The Morgan fingerprint density at radius 3 is 2.40 bits per heavy atom. The molecule has 0 spiro atoms. The van der Waals surface area contributed by atoms with Gasteiger partial charge in [-0.15, -0.1) is 53.6 Å². The molecule has 259 valence electrons. The van der Waals surface area contributed by atoms with Gasteiger partial charge in [-0.3, -0.25) is 4.98 Å². The maximum absolute atomic E-state index is 6.15. The van der Waals surface area contributed by atoms with Crippen LogP contribution < -0.4 is 5.19 Å². The second-order valence-electron chi connectivity index (χ2n) is 14.9. The largest absolute Gasteiger partial charge is 0.501 e. The molecule has 1 aliphatic carbocycles. The first-order chi connectivity index (χ1) is 23.7. The zero-order chi connectivity index (χ0) is 34.1. The Balaban J connectivity index is 0.000000169. The van der Waals surface area contributed by atoms with Crippen LogP contribution in [0, 0.1) is 18.1 Å². The van der Waals surface area contributed by atoms with Gasteiger partial charge in [-0.1, -0.05) is 118 Å². The van der Waals surface area contributed by atoms with Gasteiger partial charge < -0.3 is 14.0 Å². The van der Waals surface area contributed by atoms with Crippen LogP contribution in [0.4, 0.5) is 0 Å². The summed E-state index contributed by atoms with van der Waals surface area (Å²) in [4.78, 5) is 9.67. The van der Waals surface area contributed by atoms with Gasteiger partial charge in [-0.2, -0.15) is 0 Å². The van der Waals surface area contributed by atoms with E-state index in [9.17, 15) is 0 Å². The van der Waals surface area contributed by atoms with Gasteiger partial charge in [-0.05, 0) is 48.3 Å². The SMILES string of the molecule is CC(C)c1c[c-]c(-c2cc(CC3CCCC3)c([Si](C)(C)C)cn2)cc1.CCn1c(-c2[c-]ccc3c2oc2ccccc23)nc2ccccc21.[Ir]. The number of aryl methyl sites for hydroxylation is 1. The van der Waals surface area contributed by atoms with Crippen molar-refractivity contribution in [2.75, 3.05) is 0 Å². The molecular weight excluding hydrogens is 807 g/mol. The van der Waals surface area contributed by atoms with Crippen LogP contribution in [0.2, 0.25) is 19.6 Å². The predicted octanol–water partition coefficient (Wildman–Crippen LogP) is 11.4. The molecule has 0 saturated heterocycles. The fourth-order valence-corrected chi connectivity index (χ4v) is 9.00. The summed E-state index contributed by atoms with van der Waals surface area (Å²) in [5.74, 6) is 2.33. The quantitative estimate of drug-likeness (QED) is 0.119. The Kier molecular flexibility index (Phi) is 10.9. The Bertz CT molecular complexity index is 2220. The van der Waals surface area contributed by atoms with Gasteiger partial charge in [0, 0.05) is 38.2 Å². The van der Waals surface area contributed by atoms with Gasteiger partial charge in [0.15, 0.2) is 0 Å². The van der Waals surface area contributed by atoms with Crippen LogP contribution in [-0.4, -0.2) is 22.6 Å². The minimum absolute atomic E-state index is 0. The zero-order valence-electron chi connectivity index (χ0n) is 30.1. The number of fused-ring (bicyclic) bond motifs is 4. The van der Waals surface area contributed by atoms with Crippen molar-refractivity contribution < 1.29 is 24.5 Å². The topological polar surface area (TPSA) is 43.9 Å². The zero-order valence-corrected chi connectivity index (χ0v) is 33.5. The fraction of sp³-hybridized carbons (Fsp3) is 0.318. The summed E-state index contributed by atoms with van der Waals surface area (Å²) in [7, 11) is -1.37. The molecule has 3 aromatic heterocycles. The Hall–Kier alpha value is -3.83. The van der Waals surface area contributed by atoms with Crippen LogP contribution >= 0.6 is 0 Å². The summed E-state index contributed by atoms with van der Waals surface area (Å²) < 4.78 is 8.36. The van der Waals surface area contributed by atoms with Crippen LogP contribution in [-0.2, 0) is 33.1 Å². The standard InChI is InChI=1S/C23H32NSi.C21H15N2O.Ir/c1-17(2)19-10-12-20(13-11-19)22-15-21(14-18-8-6-7-9-18)23(16-24-22)25(3,4)5;1-2-23-18-12-5-4-11-17(18)22-21(23)16-10-7-9-15-14-8-3-6-13-19(14)24-20(15)16;/h10-12,15-18H,6-9,14H2,1-5H3;3-9,11-13H,2H2,1H3;/q2*-1;. The molecule has 7 aromatic rings. The molecule has 1 fully saturated rings. The summed E-state index contributed by atoms with van der Waals surface area (Å²) in [6, 6.07) is 36.1. The van der Waals surface area contributed by atoms with Crippen LogP contribution in [0.25, 0.3) is 55.6 Å². The number of hydrogen-bond donors (Lipinski definition) is 0. The molecule has 3 heterocycles. The molecule has 0 N–H and O–H groups in total. The van der Waals surface area contributed by atoms with Gasteiger partial charge in [-0.25, -0.2) is 0 Å². The summed E-state index contributed by atoms with van der Waals surface area (Å²) >= 11 is 0. The maximum Gasteiger partial charge on any atom is 0.120 e. The first-order valence-corrected chi connectivity index (χ1v) is 21.5. The average Bonchev–Trinajstić information content (AvgIpc) is 3.85. The van der Waals surface area contributed by atoms with Gasteiger partial charge in [0.25, 0.3) is 0 Å². The third-order valence-corrected chi connectivity index (χ3v) is 12.2. The van der Waals surface area contributed by atoms with E-state index < -0.39 is 8.07 Å². The number of rotatable bonds is 7. The normalized spacial score (nSPS) is 13.6. The van der Waals surface area contributed by atoms with Crippen molar-refractivity contribution in [2.45, 2.75) is 85.0 Å². The van der Waals surface area contributed by atoms with E-state index in [4.69, 9.17) is 14.4 Å². The number of pyridine rings is 1. The molecule has 4 aromatic carbocycles. The Labute approximate surface area is 311 Å². The van der Waals surface area contributed by atoms with Crippen molar-refractivity contribution in [3.8, 4) is 22.6 Å². The van der Waals surface area contributed by atoms with Crippen LogP contribution in [0.15, 0.2) is 95.5 Å².